The maximum Gasteiger partial charge on any atom is 0.515 e. The predicted molar refractivity (Wildman–Crippen MR) is 146 cm³/mol. The fourth-order valence-electron chi connectivity index (χ4n) is 3.63. The Morgan fingerprint density at radius 3 is 2.40 bits per heavy atom. The zero-order valence-corrected chi connectivity index (χ0v) is 24.1. The third-order valence-electron chi connectivity index (χ3n) is 6.12. The van der Waals surface area contributed by atoms with Crippen LogP contribution in [0.5, 0.6) is 17.4 Å². The van der Waals surface area contributed by atoms with Crippen LogP contribution >= 0.6 is 7.52 Å². The second-order valence-electron chi connectivity index (χ2n) is 9.45. The number of hydrogen-bond acceptors (Lipinski definition) is 9. The number of aryl methyl sites for hydroxylation is 1. The lowest BCUT2D eigenvalue weighted by atomic mass is 9.90. The van der Waals surface area contributed by atoms with Gasteiger partial charge in [0.1, 0.15) is 18.5 Å². The summed E-state index contributed by atoms with van der Waals surface area (Å²) in [6.07, 6.45) is -1.37. The van der Waals surface area contributed by atoms with Gasteiger partial charge in [-0.05, 0) is 49.6 Å². The smallest absolute Gasteiger partial charge is 0.493 e. The highest BCUT2D eigenvalue weighted by atomic mass is 31.2. The summed E-state index contributed by atoms with van der Waals surface area (Å²) in [6, 6.07) is 15.4. The van der Waals surface area contributed by atoms with Crippen LogP contribution in [-0.2, 0) is 25.4 Å². The Balaban J connectivity index is 1.77. The molecule has 0 bridgehead atoms. The van der Waals surface area contributed by atoms with Gasteiger partial charge in [-0.1, -0.05) is 38.1 Å². The molecule has 1 aromatic heterocycles. The number of aromatic nitrogens is 2. The van der Waals surface area contributed by atoms with Gasteiger partial charge in [-0.3, -0.25) is 9.36 Å². The standard InChI is InChI=1S/C27H34N3O9P/c1-18(2)27(4,25(31)32)29-40(34,17-35-5)39-23-15-20(12-13-22(23)36-6)16-37-26(33)38-24-14-19(3)28-30(24)21-10-8-7-9-11-21/h7-15,18H,16-17H2,1-6H3,(H,29,34)(H,31,32). The first-order valence-corrected chi connectivity index (χ1v) is 14.2. The first-order chi connectivity index (χ1) is 18.9. The number of carboxylic acids is 1. The average Bonchev–Trinajstić information content (AvgIpc) is 3.27. The summed E-state index contributed by atoms with van der Waals surface area (Å²) in [4.78, 5) is 24.5. The third-order valence-corrected chi connectivity index (χ3v) is 8.01. The number of carbonyl (C=O) groups is 2. The number of methoxy groups -OCH3 is 2. The number of aliphatic carboxylic acids is 1. The van der Waals surface area contributed by atoms with Crippen molar-refractivity contribution in [2.24, 2.45) is 5.92 Å². The molecule has 3 rings (SSSR count). The van der Waals surface area contributed by atoms with Gasteiger partial charge in [-0.2, -0.15) is 5.10 Å². The molecule has 0 aliphatic carbocycles. The maximum atomic E-state index is 13.7. The van der Waals surface area contributed by atoms with Gasteiger partial charge in [-0.15, -0.1) is 0 Å². The van der Waals surface area contributed by atoms with Gasteiger partial charge in [0.15, 0.2) is 11.5 Å². The highest BCUT2D eigenvalue weighted by Gasteiger charge is 2.44. The molecule has 40 heavy (non-hydrogen) atoms. The quantitative estimate of drug-likeness (QED) is 0.205. The number of rotatable bonds is 13. The van der Waals surface area contributed by atoms with Crippen molar-refractivity contribution >= 4 is 19.6 Å². The first-order valence-electron chi connectivity index (χ1n) is 12.3. The Bertz CT molecular complexity index is 1380. The molecule has 0 aliphatic heterocycles. The molecule has 0 spiro atoms. The normalized spacial score (nSPS) is 14.2. The number of carbonyl (C=O) groups excluding carboxylic acids is 1. The van der Waals surface area contributed by atoms with Gasteiger partial charge in [0, 0.05) is 13.2 Å². The molecule has 216 valence electrons. The third kappa shape index (κ3) is 7.41. The molecule has 0 saturated heterocycles. The molecule has 0 aliphatic rings. The molecule has 0 saturated carbocycles. The van der Waals surface area contributed by atoms with E-state index in [-0.39, 0.29) is 24.0 Å². The van der Waals surface area contributed by atoms with E-state index in [2.05, 4.69) is 10.2 Å². The second-order valence-corrected chi connectivity index (χ2v) is 11.5. The highest BCUT2D eigenvalue weighted by molar-refractivity contribution is 7.57. The van der Waals surface area contributed by atoms with Gasteiger partial charge in [0.25, 0.3) is 0 Å². The van der Waals surface area contributed by atoms with Gasteiger partial charge in [0.05, 0.1) is 18.5 Å². The Morgan fingerprint density at radius 2 is 1.80 bits per heavy atom. The van der Waals surface area contributed by atoms with Crippen LogP contribution in [0.3, 0.4) is 0 Å². The van der Waals surface area contributed by atoms with Crippen molar-refractivity contribution in [3.05, 3.63) is 65.9 Å². The molecule has 0 fully saturated rings. The molecule has 2 atom stereocenters. The van der Waals surface area contributed by atoms with Crippen molar-refractivity contribution in [3.63, 3.8) is 0 Å². The van der Waals surface area contributed by atoms with Crippen LogP contribution < -0.4 is 19.1 Å². The molecule has 1 heterocycles. The maximum absolute atomic E-state index is 13.7. The van der Waals surface area contributed by atoms with Crippen molar-refractivity contribution < 1.29 is 42.7 Å². The van der Waals surface area contributed by atoms with E-state index in [1.807, 2.05) is 30.3 Å². The van der Waals surface area contributed by atoms with E-state index >= 15 is 0 Å². The fraction of sp³-hybridized carbons (Fsp3) is 0.370. The number of hydrogen-bond donors (Lipinski definition) is 2. The SMILES string of the molecule is COCP(=O)(NC(C)(C(=O)O)C(C)C)Oc1cc(COC(=O)Oc2cc(C)nn2-c2ccccc2)ccc1OC. The van der Waals surface area contributed by atoms with E-state index in [0.29, 0.717) is 16.9 Å². The van der Waals surface area contributed by atoms with Gasteiger partial charge in [0.2, 0.25) is 5.88 Å². The number of nitrogens with one attached hydrogen (secondary N) is 1. The molecule has 0 radical (unpaired) electrons. The van der Waals surface area contributed by atoms with Crippen LogP contribution in [0.25, 0.3) is 5.69 Å². The summed E-state index contributed by atoms with van der Waals surface area (Å²) >= 11 is 0. The van der Waals surface area contributed by atoms with Crippen molar-refractivity contribution in [2.75, 3.05) is 20.6 Å². The second kappa shape index (κ2) is 13.0. The molecule has 12 nitrogen and oxygen atoms in total. The van der Waals surface area contributed by atoms with Crippen LogP contribution in [0, 0.1) is 12.8 Å². The molecule has 13 heteroatoms. The van der Waals surface area contributed by atoms with Crippen LogP contribution in [0.1, 0.15) is 32.0 Å². The molecular formula is C27H34N3O9P. The van der Waals surface area contributed by atoms with Crippen molar-refractivity contribution in [3.8, 4) is 23.1 Å². The topological polar surface area (TPSA) is 147 Å². The van der Waals surface area contributed by atoms with Gasteiger partial charge < -0.3 is 28.6 Å². The van der Waals surface area contributed by atoms with Gasteiger partial charge >= 0.3 is 19.6 Å². The number of carboxylic acid groups (broad SMARTS) is 1. The van der Waals surface area contributed by atoms with Crippen LogP contribution in [0.15, 0.2) is 54.6 Å². The lowest BCUT2D eigenvalue weighted by molar-refractivity contribution is -0.145. The highest BCUT2D eigenvalue weighted by Crippen LogP contribution is 2.48. The lowest BCUT2D eigenvalue weighted by Crippen LogP contribution is -2.52. The van der Waals surface area contributed by atoms with Crippen LogP contribution in [-0.4, -0.2) is 53.1 Å². The summed E-state index contributed by atoms with van der Waals surface area (Å²) in [7, 11) is -1.20. The summed E-state index contributed by atoms with van der Waals surface area (Å²) in [6.45, 7) is 6.35. The minimum atomic E-state index is -3.92. The summed E-state index contributed by atoms with van der Waals surface area (Å²) in [5.74, 6) is -1.18. The first kappa shape index (κ1) is 30.7. The molecule has 3 aromatic rings. The Morgan fingerprint density at radius 1 is 1.10 bits per heavy atom. The lowest BCUT2D eigenvalue weighted by Gasteiger charge is -2.34. The molecule has 2 unspecified atom stereocenters. The van der Waals surface area contributed by atoms with Crippen LogP contribution in [0.4, 0.5) is 4.79 Å². The Kier molecular flexibility index (Phi) is 9.97. The fourth-order valence-corrected chi connectivity index (χ4v) is 5.65. The molecular weight excluding hydrogens is 541 g/mol. The van der Waals surface area contributed by atoms with Crippen molar-refractivity contribution in [2.45, 2.75) is 39.8 Å². The summed E-state index contributed by atoms with van der Waals surface area (Å²) in [5, 5.41) is 16.8. The van der Waals surface area contributed by atoms with E-state index in [4.69, 9.17) is 23.5 Å². The molecule has 0 amide bonds. The Hall–Kier alpha value is -3.86. The van der Waals surface area contributed by atoms with E-state index in [1.54, 1.807) is 39.0 Å². The van der Waals surface area contributed by atoms with E-state index in [9.17, 15) is 19.3 Å². The largest absolute Gasteiger partial charge is 0.515 e. The summed E-state index contributed by atoms with van der Waals surface area (Å²) in [5.41, 5.74) is 0.250. The summed E-state index contributed by atoms with van der Waals surface area (Å²) < 4.78 is 42.1. The number of benzene rings is 2. The zero-order chi connectivity index (χ0) is 29.5. The minimum absolute atomic E-state index is 0.0409. The average molecular weight is 576 g/mol. The van der Waals surface area contributed by atoms with E-state index in [1.165, 1.54) is 31.9 Å². The minimum Gasteiger partial charge on any atom is -0.493 e. The number of nitrogens with zero attached hydrogens (tertiary/aromatic N) is 2. The van der Waals surface area contributed by atoms with Crippen molar-refractivity contribution in [1.82, 2.24) is 14.9 Å². The van der Waals surface area contributed by atoms with Crippen LogP contribution in [0.2, 0.25) is 0 Å². The van der Waals surface area contributed by atoms with Gasteiger partial charge in [-0.25, -0.2) is 14.6 Å². The zero-order valence-electron chi connectivity index (χ0n) is 23.2. The van der Waals surface area contributed by atoms with E-state index < -0.39 is 37.4 Å². The van der Waals surface area contributed by atoms with E-state index in [0.717, 1.165) is 0 Å². The van der Waals surface area contributed by atoms with Crippen molar-refractivity contribution in [1.29, 1.82) is 0 Å². The monoisotopic (exact) mass is 575 g/mol. The molecule has 2 aromatic carbocycles. The predicted octanol–water partition coefficient (Wildman–Crippen LogP) is 5.17. The molecule has 2 N–H and O–H groups in total. The number of para-hydroxylation sites is 1. The Labute approximate surface area is 232 Å². The number of ether oxygens (including phenoxy) is 4.